The summed E-state index contributed by atoms with van der Waals surface area (Å²) in [7, 11) is 0. The van der Waals surface area contributed by atoms with Crippen LogP contribution in [0.3, 0.4) is 0 Å². The van der Waals surface area contributed by atoms with E-state index >= 15 is 0 Å². The molecule has 0 spiro atoms. The van der Waals surface area contributed by atoms with Gasteiger partial charge in [-0.25, -0.2) is 9.97 Å². The van der Waals surface area contributed by atoms with Gasteiger partial charge >= 0.3 is 0 Å². The molecule has 7 heteroatoms. The zero-order valence-electron chi connectivity index (χ0n) is 15.0. The maximum absolute atomic E-state index is 12.1. The summed E-state index contributed by atoms with van der Waals surface area (Å²) in [6.45, 7) is 5.08. The van der Waals surface area contributed by atoms with Gasteiger partial charge in [0.05, 0.1) is 0 Å². The minimum Gasteiger partial charge on any atom is -0.368 e. The Labute approximate surface area is 159 Å². The number of hydrogen-bond donors (Lipinski definition) is 2. The molecule has 1 aliphatic heterocycles. The predicted molar refractivity (Wildman–Crippen MR) is 105 cm³/mol. The summed E-state index contributed by atoms with van der Waals surface area (Å²) in [5, 5.41) is 6.69. The highest BCUT2D eigenvalue weighted by Crippen LogP contribution is 2.20. The first-order chi connectivity index (χ1) is 12.6. The maximum Gasteiger partial charge on any atom is 0.251 e. The van der Waals surface area contributed by atoms with Crippen LogP contribution in [0.1, 0.15) is 35.4 Å². The molecule has 1 aromatic carbocycles. The van der Waals surface area contributed by atoms with Crippen LogP contribution >= 0.6 is 11.6 Å². The quantitative estimate of drug-likeness (QED) is 0.760. The van der Waals surface area contributed by atoms with Crippen molar-refractivity contribution in [3.05, 3.63) is 46.7 Å². The summed E-state index contributed by atoms with van der Waals surface area (Å²) in [5.41, 5.74) is 0.558. The molecule has 1 amide bonds. The van der Waals surface area contributed by atoms with E-state index < -0.39 is 0 Å². The minimum absolute atomic E-state index is 0.137. The lowest BCUT2D eigenvalue weighted by Crippen LogP contribution is -2.31. The van der Waals surface area contributed by atoms with Gasteiger partial charge < -0.3 is 15.5 Å². The summed E-state index contributed by atoms with van der Waals surface area (Å²) < 4.78 is 0. The van der Waals surface area contributed by atoms with Gasteiger partial charge in [-0.1, -0.05) is 17.7 Å². The van der Waals surface area contributed by atoms with Crippen molar-refractivity contribution in [3.8, 4) is 0 Å². The Morgan fingerprint density at radius 3 is 2.73 bits per heavy atom. The monoisotopic (exact) mass is 373 g/mol. The second kappa shape index (κ2) is 8.85. The van der Waals surface area contributed by atoms with Crippen molar-refractivity contribution in [2.75, 3.05) is 36.4 Å². The number of hydrogen-bond acceptors (Lipinski definition) is 5. The number of anilines is 2. The van der Waals surface area contributed by atoms with Gasteiger partial charge in [-0.3, -0.25) is 4.79 Å². The van der Waals surface area contributed by atoms with Crippen LogP contribution in [-0.2, 0) is 0 Å². The number of aryl methyl sites for hydroxylation is 1. The number of nitrogens with zero attached hydrogens (tertiary/aromatic N) is 3. The SMILES string of the molecule is Cc1nc(NCCNC(=O)c2cccc(Cl)c2)cc(N2CCCCC2)n1. The molecule has 1 saturated heterocycles. The Balaban J connectivity index is 1.51. The largest absolute Gasteiger partial charge is 0.368 e. The van der Waals surface area contributed by atoms with Gasteiger partial charge in [0.25, 0.3) is 5.91 Å². The van der Waals surface area contributed by atoms with E-state index in [2.05, 4.69) is 25.5 Å². The molecule has 0 atom stereocenters. The minimum atomic E-state index is -0.137. The summed E-state index contributed by atoms with van der Waals surface area (Å²) >= 11 is 5.91. The van der Waals surface area contributed by atoms with Crippen LogP contribution in [0.5, 0.6) is 0 Å². The first-order valence-corrected chi connectivity index (χ1v) is 9.38. The van der Waals surface area contributed by atoms with E-state index in [4.69, 9.17) is 11.6 Å². The highest BCUT2D eigenvalue weighted by atomic mass is 35.5. The molecule has 6 nitrogen and oxygen atoms in total. The van der Waals surface area contributed by atoms with Gasteiger partial charge in [-0.15, -0.1) is 0 Å². The van der Waals surface area contributed by atoms with E-state index in [0.717, 1.165) is 30.5 Å². The van der Waals surface area contributed by atoms with Gasteiger partial charge in [-0.05, 0) is 44.4 Å². The molecule has 138 valence electrons. The van der Waals surface area contributed by atoms with Crippen molar-refractivity contribution in [1.82, 2.24) is 15.3 Å². The number of carbonyl (C=O) groups is 1. The number of piperidine rings is 1. The van der Waals surface area contributed by atoms with E-state index in [-0.39, 0.29) is 5.91 Å². The topological polar surface area (TPSA) is 70.2 Å². The molecule has 2 aromatic rings. The molecule has 1 fully saturated rings. The third-order valence-electron chi connectivity index (χ3n) is 4.31. The number of amides is 1. The van der Waals surface area contributed by atoms with Crippen LogP contribution in [0.25, 0.3) is 0 Å². The molecule has 2 heterocycles. The fraction of sp³-hybridized carbons (Fsp3) is 0.421. The van der Waals surface area contributed by atoms with Crippen molar-refractivity contribution in [3.63, 3.8) is 0 Å². The van der Waals surface area contributed by atoms with Crippen molar-refractivity contribution < 1.29 is 4.79 Å². The van der Waals surface area contributed by atoms with Gasteiger partial charge in [0.2, 0.25) is 0 Å². The van der Waals surface area contributed by atoms with Gasteiger partial charge in [0.1, 0.15) is 17.5 Å². The molecule has 0 unspecified atom stereocenters. The van der Waals surface area contributed by atoms with Gasteiger partial charge in [-0.2, -0.15) is 0 Å². The zero-order chi connectivity index (χ0) is 18.4. The highest BCUT2D eigenvalue weighted by molar-refractivity contribution is 6.30. The average Bonchev–Trinajstić information content (AvgIpc) is 2.65. The van der Waals surface area contributed by atoms with Crippen molar-refractivity contribution in [2.24, 2.45) is 0 Å². The zero-order valence-corrected chi connectivity index (χ0v) is 15.7. The predicted octanol–water partition coefficient (Wildman–Crippen LogP) is 3.27. The number of rotatable bonds is 6. The van der Waals surface area contributed by atoms with Crippen LogP contribution in [0.15, 0.2) is 30.3 Å². The number of nitrogens with one attached hydrogen (secondary N) is 2. The Bertz CT molecular complexity index is 761. The van der Waals surface area contributed by atoms with Crippen LogP contribution in [-0.4, -0.2) is 42.1 Å². The lowest BCUT2D eigenvalue weighted by Gasteiger charge is -2.28. The number of carbonyl (C=O) groups excluding carboxylic acids is 1. The van der Waals surface area contributed by atoms with Crippen molar-refractivity contribution >= 4 is 29.1 Å². The molecule has 1 aromatic heterocycles. The smallest absolute Gasteiger partial charge is 0.251 e. The molecule has 0 radical (unpaired) electrons. The van der Waals surface area contributed by atoms with Gasteiger partial charge in [0.15, 0.2) is 0 Å². The normalized spacial score (nSPS) is 14.2. The highest BCUT2D eigenvalue weighted by Gasteiger charge is 2.13. The number of benzene rings is 1. The first-order valence-electron chi connectivity index (χ1n) is 9.00. The summed E-state index contributed by atoms with van der Waals surface area (Å²) in [5.74, 6) is 2.37. The second-order valence-corrected chi connectivity index (χ2v) is 6.84. The molecule has 26 heavy (non-hydrogen) atoms. The standard InChI is InChI=1S/C19H24ClN5O/c1-14-23-17(13-18(24-14)25-10-3-2-4-11-25)21-8-9-22-19(26)15-6-5-7-16(20)12-15/h5-7,12-13H,2-4,8-11H2,1H3,(H,22,26)(H,21,23,24). The van der Waals surface area contributed by atoms with Crippen LogP contribution in [0, 0.1) is 6.92 Å². The molecular formula is C19H24ClN5O. The second-order valence-electron chi connectivity index (χ2n) is 6.40. The first kappa shape index (κ1) is 18.5. The summed E-state index contributed by atoms with van der Waals surface area (Å²) in [6, 6.07) is 8.89. The Morgan fingerprint density at radius 2 is 1.96 bits per heavy atom. The molecule has 0 bridgehead atoms. The fourth-order valence-corrected chi connectivity index (χ4v) is 3.22. The fourth-order valence-electron chi connectivity index (χ4n) is 3.03. The number of halogens is 1. The van der Waals surface area contributed by atoms with Crippen LogP contribution in [0.2, 0.25) is 5.02 Å². The Kier molecular flexibility index (Phi) is 6.28. The molecular weight excluding hydrogens is 350 g/mol. The third-order valence-corrected chi connectivity index (χ3v) is 4.54. The maximum atomic E-state index is 12.1. The van der Waals surface area contributed by atoms with Crippen LogP contribution in [0.4, 0.5) is 11.6 Å². The number of aromatic nitrogens is 2. The van der Waals surface area contributed by atoms with E-state index in [1.54, 1.807) is 24.3 Å². The Morgan fingerprint density at radius 1 is 1.15 bits per heavy atom. The summed E-state index contributed by atoms with van der Waals surface area (Å²) in [6.07, 6.45) is 3.71. The lowest BCUT2D eigenvalue weighted by molar-refractivity contribution is 0.0955. The summed E-state index contributed by atoms with van der Waals surface area (Å²) in [4.78, 5) is 23.4. The molecule has 0 aliphatic carbocycles. The average molecular weight is 374 g/mol. The lowest BCUT2D eigenvalue weighted by atomic mass is 10.1. The van der Waals surface area contributed by atoms with Crippen LogP contribution < -0.4 is 15.5 Å². The molecule has 2 N–H and O–H groups in total. The molecule has 1 aliphatic rings. The Hall–Kier alpha value is -2.34. The molecule has 0 saturated carbocycles. The third kappa shape index (κ3) is 5.08. The van der Waals surface area contributed by atoms with Crippen molar-refractivity contribution in [1.29, 1.82) is 0 Å². The van der Waals surface area contributed by atoms with E-state index in [0.29, 0.717) is 23.7 Å². The van der Waals surface area contributed by atoms with E-state index in [9.17, 15) is 4.79 Å². The molecule has 3 rings (SSSR count). The van der Waals surface area contributed by atoms with Gasteiger partial charge in [0, 0.05) is 42.8 Å². The van der Waals surface area contributed by atoms with E-state index in [1.165, 1.54) is 19.3 Å². The van der Waals surface area contributed by atoms with Crippen molar-refractivity contribution in [2.45, 2.75) is 26.2 Å². The van der Waals surface area contributed by atoms with E-state index in [1.807, 2.05) is 13.0 Å².